The van der Waals surface area contributed by atoms with Crippen LogP contribution in [0.25, 0.3) is 5.69 Å². The summed E-state index contributed by atoms with van der Waals surface area (Å²) in [4.78, 5) is 6.86. The van der Waals surface area contributed by atoms with Crippen molar-refractivity contribution in [3.8, 4) is 17.2 Å². The second-order valence-electron chi connectivity index (χ2n) is 5.31. The number of benzene rings is 2. The van der Waals surface area contributed by atoms with Gasteiger partial charge in [-0.25, -0.2) is 0 Å². The fourth-order valence-electron chi connectivity index (χ4n) is 2.29. The smallest absolute Gasteiger partial charge is 0.162 e. The van der Waals surface area contributed by atoms with Crippen molar-refractivity contribution in [1.29, 1.82) is 0 Å². The van der Waals surface area contributed by atoms with Crippen LogP contribution in [0.3, 0.4) is 0 Å². The predicted octanol–water partition coefficient (Wildman–Crippen LogP) is 3.23. The maximum absolute atomic E-state index is 5.49. The summed E-state index contributed by atoms with van der Waals surface area (Å²) >= 11 is 0. The average molecular weight is 352 g/mol. The Kier molecular flexibility index (Phi) is 5.82. The summed E-state index contributed by atoms with van der Waals surface area (Å²) in [7, 11) is 1.60. The van der Waals surface area contributed by atoms with Crippen LogP contribution < -0.4 is 9.47 Å². The molecule has 7 heteroatoms. The molecule has 2 aromatic carbocycles. The molecule has 0 unspecified atom stereocenters. The van der Waals surface area contributed by atoms with Crippen LogP contribution in [0, 0.1) is 0 Å². The van der Waals surface area contributed by atoms with Crippen LogP contribution in [-0.2, 0) is 11.4 Å². The zero-order chi connectivity index (χ0) is 18.2. The first-order chi connectivity index (χ1) is 12.8. The van der Waals surface area contributed by atoms with E-state index in [2.05, 4.69) is 15.4 Å². The Morgan fingerprint density at radius 2 is 1.96 bits per heavy atom. The van der Waals surface area contributed by atoms with Crippen molar-refractivity contribution < 1.29 is 14.3 Å². The van der Waals surface area contributed by atoms with Crippen molar-refractivity contribution in [1.82, 2.24) is 15.0 Å². The van der Waals surface area contributed by atoms with Crippen molar-refractivity contribution in [3.05, 3.63) is 66.0 Å². The molecule has 26 heavy (non-hydrogen) atoms. The molecule has 0 atom stereocenters. The van der Waals surface area contributed by atoms with Gasteiger partial charge in [-0.1, -0.05) is 23.4 Å². The summed E-state index contributed by atoms with van der Waals surface area (Å²) in [5.74, 6) is 1.35. The number of ether oxygens (including phenoxy) is 2. The topological polar surface area (TPSA) is 70.8 Å². The standard InChI is InChI=1S/C19H20N4O3/c1-3-25-18-10-9-15(11-19(18)24-2)12-21-26-14-16-13-20-23(22-16)17-7-5-4-6-8-17/h4-13H,3,14H2,1-2H3/b21-12+. The number of rotatable bonds is 8. The van der Waals surface area contributed by atoms with E-state index in [1.165, 1.54) is 0 Å². The van der Waals surface area contributed by atoms with E-state index in [-0.39, 0.29) is 6.61 Å². The molecule has 0 radical (unpaired) electrons. The van der Waals surface area contributed by atoms with Gasteiger partial charge in [-0.15, -0.1) is 5.10 Å². The normalized spacial score (nSPS) is 10.8. The largest absolute Gasteiger partial charge is 0.493 e. The average Bonchev–Trinajstić information content (AvgIpc) is 3.16. The van der Waals surface area contributed by atoms with Gasteiger partial charge in [0.15, 0.2) is 18.1 Å². The highest BCUT2D eigenvalue weighted by Crippen LogP contribution is 2.27. The highest BCUT2D eigenvalue weighted by Gasteiger charge is 2.05. The van der Waals surface area contributed by atoms with Crippen LogP contribution in [0.15, 0.2) is 59.9 Å². The quantitative estimate of drug-likeness (QED) is 0.460. The summed E-state index contributed by atoms with van der Waals surface area (Å²) in [6.07, 6.45) is 3.27. The molecule has 0 aliphatic rings. The van der Waals surface area contributed by atoms with E-state index in [1.807, 2.05) is 55.5 Å². The van der Waals surface area contributed by atoms with E-state index in [4.69, 9.17) is 14.3 Å². The minimum atomic E-state index is 0.234. The van der Waals surface area contributed by atoms with E-state index in [9.17, 15) is 0 Å². The van der Waals surface area contributed by atoms with Crippen molar-refractivity contribution >= 4 is 6.21 Å². The molecule has 134 valence electrons. The molecule has 0 fully saturated rings. The van der Waals surface area contributed by atoms with Gasteiger partial charge in [-0.05, 0) is 37.3 Å². The van der Waals surface area contributed by atoms with Gasteiger partial charge in [0.05, 0.1) is 31.8 Å². The lowest BCUT2D eigenvalue weighted by Crippen LogP contribution is -1.99. The van der Waals surface area contributed by atoms with Gasteiger partial charge in [0, 0.05) is 5.56 Å². The fraction of sp³-hybridized carbons (Fsp3) is 0.211. The number of aromatic nitrogens is 3. The maximum Gasteiger partial charge on any atom is 0.162 e. The molecule has 3 rings (SSSR count). The minimum Gasteiger partial charge on any atom is -0.493 e. The Hall–Kier alpha value is -3.35. The summed E-state index contributed by atoms with van der Waals surface area (Å²) in [6.45, 7) is 2.74. The van der Waals surface area contributed by atoms with Gasteiger partial charge in [0.1, 0.15) is 5.69 Å². The Morgan fingerprint density at radius 1 is 1.12 bits per heavy atom. The molecule has 0 aliphatic heterocycles. The lowest BCUT2D eigenvalue weighted by Gasteiger charge is -2.09. The summed E-state index contributed by atoms with van der Waals surface area (Å²) in [5, 5.41) is 12.5. The number of para-hydroxylation sites is 1. The van der Waals surface area contributed by atoms with E-state index in [0.717, 1.165) is 11.3 Å². The number of methoxy groups -OCH3 is 1. The molecule has 3 aromatic rings. The van der Waals surface area contributed by atoms with Crippen molar-refractivity contribution in [2.24, 2.45) is 5.16 Å². The van der Waals surface area contributed by atoms with Crippen molar-refractivity contribution in [2.45, 2.75) is 13.5 Å². The second-order valence-corrected chi connectivity index (χ2v) is 5.31. The molecule has 0 spiro atoms. The molecule has 0 amide bonds. The molecule has 7 nitrogen and oxygen atoms in total. The number of oxime groups is 1. The van der Waals surface area contributed by atoms with Gasteiger partial charge in [-0.3, -0.25) is 0 Å². The van der Waals surface area contributed by atoms with Gasteiger partial charge in [0.2, 0.25) is 0 Å². The Labute approximate surface area is 151 Å². The minimum absolute atomic E-state index is 0.234. The molecule has 0 saturated carbocycles. The summed E-state index contributed by atoms with van der Waals surface area (Å²) in [6, 6.07) is 15.2. The third-order valence-electron chi connectivity index (χ3n) is 3.50. The van der Waals surface area contributed by atoms with Gasteiger partial charge in [-0.2, -0.15) is 9.90 Å². The van der Waals surface area contributed by atoms with Crippen LogP contribution in [0.5, 0.6) is 11.5 Å². The van der Waals surface area contributed by atoms with Crippen LogP contribution in [0.2, 0.25) is 0 Å². The highest BCUT2D eigenvalue weighted by molar-refractivity contribution is 5.80. The molecule has 0 N–H and O–H groups in total. The summed E-state index contributed by atoms with van der Waals surface area (Å²) < 4.78 is 10.8. The lowest BCUT2D eigenvalue weighted by atomic mass is 10.2. The fourth-order valence-corrected chi connectivity index (χ4v) is 2.29. The monoisotopic (exact) mass is 352 g/mol. The first kappa shape index (κ1) is 17.5. The van der Waals surface area contributed by atoms with Crippen molar-refractivity contribution in [3.63, 3.8) is 0 Å². The molecule has 1 aromatic heterocycles. The first-order valence-corrected chi connectivity index (χ1v) is 8.23. The van der Waals surface area contributed by atoms with Gasteiger partial charge in [0.25, 0.3) is 0 Å². The lowest BCUT2D eigenvalue weighted by molar-refractivity contribution is 0.129. The Morgan fingerprint density at radius 3 is 2.73 bits per heavy atom. The molecular weight excluding hydrogens is 332 g/mol. The van der Waals surface area contributed by atoms with Crippen LogP contribution in [-0.4, -0.2) is 34.9 Å². The zero-order valence-electron chi connectivity index (χ0n) is 14.7. The molecule has 0 aliphatic carbocycles. The molecule has 1 heterocycles. The Balaban J connectivity index is 1.57. The van der Waals surface area contributed by atoms with Crippen LogP contribution in [0.4, 0.5) is 0 Å². The maximum atomic E-state index is 5.49. The number of hydrogen-bond donors (Lipinski definition) is 0. The third-order valence-corrected chi connectivity index (χ3v) is 3.50. The molecule has 0 bridgehead atoms. The van der Waals surface area contributed by atoms with Gasteiger partial charge >= 0.3 is 0 Å². The predicted molar refractivity (Wildman–Crippen MR) is 97.9 cm³/mol. The Bertz CT molecular complexity index is 862. The van der Waals surface area contributed by atoms with Gasteiger partial charge < -0.3 is 14.3 Å². The SMILES string of the molecule is CCOc1ccc(/C=N/OCc2cnn(-c3ccccc3)n2)cc1OC. The first-order valence-electron chi connectivity index (χ1n) is 8.23. The number of hydrogen-bond acceptors (Lipinski definition) is 6. The number of nitrogens with zero attached hydrogens (tertiary/aromatic N) is 4. The molecule has 0 saturated heterocycles. The van der Waals surface area contributed by atoms with Crippen LogP contribution in [0.1, 0.15) is 18.2 Å². The highest BCUT2D eigenvalue weighted by atomic mass is 16.6. The van der Waals surface area contributed by atoms with E-state index in [1.54, 1.807) is 24.3 Å². The van der Waals surface area contributed by atoms with E-state index >= 15 is 0 Å². The van der Waals surface area contributed by atoms with Crippen LogP contribution >= 0.6 is 0 Å². The van der Waals surface area contributed by atoms with E-state index < -0.39 is 0 Å². The molecular formula is C19H20N4O3. The third kappa shape index (κ3) is 4.38. The summed E-state index contributed by atoms with van der Waals surface area (Å²) in [5.41, 5.74) is 2.43. The second kappa shape index (κ2) is 8.66. The van der Waals surface area contributed by atoms with E-state index in [0.29, 0.717) is 23.8 Å². The van der Waals surface area contributed by atoms with Crippen molar-refractivity contribution in [2.75, 3.05) is 13.7 Å². The zero-order valence-corrected chi connectivity index (χ0v) is 14.7.